The Bertz CT molecular complexity index is 872. The van der Waals surface area contributed by atoms with Crippen molar-refractivity contribution in [1.82, 2.24) is 19.1 Å². The maximum atomic E-state index is 12.1. The van der Waals surface area contributed by atoms with Gasteiger partial charge in [-0.15, -0.1) is 0 Å². The summed E-state index contributed by atoms with van der Waals surface area (Å²) in [5.74, 6) is 0.811. The first-order chi connectivity index (χ1) is 11.0. The van der Waals surface area contributed by atoms with Gasteiger partial charge in [0.15, 0.2) is 17.0 Å². The summed E-state index contributed by atoms with van der Waals surface area (Å²) in [6.07, 6.45) is 3.51. The normalized spacial score (nSPS) is 23.3. The van der Waals surface area contributed by atoms with Gasteiger partial charge in [0, 0.05) is 33.4 Å². The predicted octanol–water partition coefficient (Wildman–Crippen LogP) is 0.0460. The van der Waals surface area contributed by atoms with E-state index in [2.05, 4.69) is 9.97 Å². The van der Waals surface area contributed by atoms with Gasteiger partial charge >= 0.3 is 5.69 Å². The molecule has 1 atom stereocenters. The zero-order valence-electron chi connectivity index (χ0n) is 13.3. The van der Waals surface area contributed by atoms with Gasteiger partial charge in [-0.2, -0.15) is 0 Å². The van der Waals surface area contributed by atoms with Gasteiger partial charge < -0.3 is 14.0 Å². The van der Waals surface area contributed by atoms with Crippen LogP contribution in [0, 0.1) is 5.92 Å². The molecule has 2 fully saturated rings. The van der Waals surface area contributed by atoms with E-state index in [4.69, 9.17) is 9.47 Å². The van der Waals surface area contributed by atoms with E-state index in [0.29, 0.717) is 30.3 Å². The number of fused-ring (bicyclic) bond motifs is 1. The molecule has 1 saturated carbocycles. The van der Waals surface area contributed by atoms with E-state index < -0.39 is 17.0 Å². The molecule has 3 heterocycles. The molecule has 1 saturated heterocycles. The van der Waals surface area contributed by atoms with Crippen LogP contribution in [0.4, 0.5) is 0 Å². The highest BCUT2D eigenvalue weighted by atomic mass is 16.7. The first kappa shape index (κ1) is 14.6. The van der Waals surface area contributed by atoms with E-state index in [0.717, 1.165) is 31.5 Å². The van der Waals surface area contributed by atoms with Crippen LogP contribution in [0.15, 0.2) is 9.59 Å². The largest absolute Gasteiger partial charge is 0.348 e. The Morgan fingerprint density at radius 3 is 2.74 bits per heavy atom. The number of aromatic amines is 1. The molecule has 23 heavy (non-hydrogen) atoms. The van der Waals surface area contributed by atoms with Crippen LogP contribution in [0.5, 0.6) is 0 Å². The summed E-state index contributed by atoms with van der Waals surface area (Å²) in [7, 11) is 3.43. The van der Waals surface area contributed by atoms with Gasteiger partial charge in [-0.05, 0) is 12.3 Å². The smallest absolute Gasteiger partial charge is 0.329 e. The molecule has 2 aromatic rings. The van der Waals surface area contributed by atoms with E-state index in [1.54, 1.807) is 11.6 Å². The average Bonchev–Trinajstić information content (AvgIpc) is 3.20. The fourth-order valence-corrected chi connectivity index (χ4v) is 3.80. The molecule has 2 aromatic heterocycles. The van der Waals surface area contributed by atoms with Gasteiger partial charge in [0.05, 0.1) is 13.2 Å². The molecule has 2 aliphatic rings. The molecule has 0 aromatic carbocycles. The molecule has 1 N–H and O–H groups in total. The van der Waals surface area contributed by atoms with Gasteiger partial charge in [-0.1, -0.05) is 0 Å². The summed E-state index contributed by atoms with van der Waals surface area (Å²) in [4.78, 5) is 30.6. The number of hydrogen-bond acceptors (Lipinski definition) is 5. The Hall–Kier alpha value is -1.93. The summed E-state index contributed by atoms with van der Waals surface area (Å²) in [5.41, 5.74) is 0.0231. The molecule has 124 valence electrons. The summed E-state index contributed by atoms with van der Waals surface area (Å²) in [6, 6.07) is 0. The lowest BCUT2D eigenvalue weighted by molar-refractivity contribution is -0.152. The highest BCUT2D eigenvalue weighted by Crippen LogP contribution is 2.42. The third-order valence-corrected chi connectivity index (χ3v) is 5.05. The minimum absolute atomic E-state index is 0.394. The Morgan fingerprint density at radius 1 is 1.26 bits per heavy atom. The SMILES string of the molecule is Cn1c(CC2CCC3(C2)OCCO3)nc2c1c(=O)[nH]c(=O)n2C. The number of hydrogen-bond donors (Lipinski definition) is 1. The Kier molecular flexibility index (Phi) is 3.21. The summed E-state index contributed by atoms with van der Waals surface area (Å²) in [5, 5.41) is 0. The van der Waals surface area contributed by atoms with Crippen molar-refractivity contribution in [3.8, 4) is 0 Å². The van der Waals surface area contributed by atoms with Crippen molar-refractivity contribution in [2.24, 2.45) is 20.0 Å². The summed E-state index contributed by atoms with van der Waals surface area (Å²) >= 11 is 0. The third kappa shape index (κ3) is 2.24. The number of aryl methyl sites for hydroxylation is 2. The Balaban J connectivity index is 1.67. The second-order valence-corrected chi connectivity index (χ2v) is 6.50. The Morgan fingerprint density at radius 2 is 2.00 bits per heavy atom. The van der Waals surface area contributed by atoms with Crippen LogP contribution in [-0.4, -0.2) is 38.1 Å². The first-order valence-corrected chi connectivity index (χ1v) is 7.92. The average molecular weight is 320 g/mol. The van der Waals surface area contributed by atoms with Crippen LogP contribution in [0.1, 0.15) is 25.1 Å². The topological polar surface area (TPSA) is 91.1 Å². The fraction of sp³-hybridized carbons (Fsp3) is 0.667. The number of ether oxygens (including phenoxy) is 2. The minimum atomic E-state index is -0.445. The first-order valence-electron chi connectivity index (χ1n) is 7.92. The van der Waals surface area contributed by atoms with E-state index in [1.165, 1.54) is 4.57 Å². The van der Waals surface area contributed by atoms with Crippen molar-refractivity contribution >= 4 is 11.2 Å². The molecule has 1 aliphatic heterocycles. The molecule has 1 spiro atoms. The van der Waals surface area contributed by atoms with E-state index in [1.807, 2.05) is 7.05 Å². The molecular formula is C15H20N4O4. The molecule has 4 rings (SSSR count). The number of H-pyrrole nitrogens is 1. The second-order valence-electron chi connectivity index (χ2n) is 6.50. The lowest BCUT2D eigenvalue weighted by atomic mass is 10.0. The molecule has 1 unspecified atom stereocenters. The van der Waals surface area contributed by atoms with Crippen molar-refractivity contribution in [3.05, 3.63) is 26.7 Å². The fourth-order valence-electron chi connectivity index (χ4n) is 3.80. The number of nitrogens with zero attached hydrogens (tertiary/aromatic N) is 3. The zero-order valence-corrected chi connectivity index (χ0v) is 13.3. The summed E-state index contributed by atoms with van der Waals surface area (Å²) in [6.45, 7) is 1.33. The number of nitrogens with one attached hydrogen (secondary N) is 1. The lowest BCUT2D eigenvalue weighted by Gasteiger charge is -2.21. The van der Waals surface area contributed by atoms with Gasteiger partial charge in [0.1, 0.15) is 5.82 Å². The molecule has 0 bridgehead atoms. The molecular weight excluding hydrogens is 300 g/mol. The van der Waals surface area contributed by atoms with Crippen LogP contribution < -0.4 is 11.2 Å². The van der Waals surface area contributed by atoms with Gasteiger partial charge in [-0.3, -0.25) is 14.3 Å². The van der Waals surface area contributed by atoms with Crippen LogP contribution in [0.3, 0.4) is 0 Å². The second kappa shape index (κ2) is 5.04. The van der Waals surface area contributed by atoms with E-state index in [-0.39, 0.29) is 0 Å². The predicted molar refractivity (Wildman–Crippen MR) is 82.3 cm³/mol. The number of aromatic nitrogens is 4. The molecule has 1 aliphatic carbocycles. The van der Waals surface area contributed by atoms with Crippen molar-refractivity contribution in [3.63, 3.8) is 0 Å². The van der Waals surface area contributed by atoms with Crippen molar-refractivity contribution in [1.29, 1.82) is 0 Å². The highest BCUT2D eigenvalue weighted by Gasteiger charge is 2.44. The molecule has 0 radical (unpaired) electrons. The quantitative estimate of drug-likeness (QED) is 0.844. The maximum absolute atomic E-state index is 12.1. The Labute approximate surface area is 132 Å². The van der Waals surface area contributed by atoms with Gasteiger partial charge in [-0.25, -0.2) is 9.78 Å². The van der Waals surface area contributed by atoms with Crippen molar-refractivity contribution in [2.45, 2.75) is 31.5 Å². The molecule has 0 amide bonds. The van der Waals surface area contributed by atoms with Crippen LogP contribution in [-0.2, 0) is 30.0 Å². The monoisotopic (exact) mass is 320 g/mol. The standard InChI is InChI=1S/C15H20N4O4/c1-18-10(7-9-3-4-15(8-9)22-5-6-23-15)16-12-11(18)13(20)17-14(21)19(12)2/h9H,3-8H2,1-2H3,(H,17,20,21). The number of rotatable bonds is 2. The van der Waals surface area contributed by atoms with Crippen LogP contribution >= 0.6 is 0 Å². The zero-order chi connectivity index (χ0) is 16.2. The molecule has 8 nitrogen and oxygen atoms in total. The minimum Gasteiger partial charge on any atom is -0.348 e. The summed E-state index contributed by atoms with van der Waals surface area (Å²) < 4.78 is 14.7. The highest BCUT2D eigenvalue weighted by molar-refractivity contribution is 5.70. The van der Waals surface area contributed by atoms with Crippen molar-refractivity contribution in [2.75, 3.05) is 13.2 Å². The van der Waals surface area contributed by atoms with E-state index >= 15 is 0 Å². The third-order valence-electron chi connectivity index (χ3n) is 5.05. The van der Waals surface area contributed by atoms with Crippen molar-refractivity contribution < 1.29 is 9.47 Å². The number of imidazole rings is 1. The van der Waals surface area contributed by atoms with Crippen LogP contribution in [0.25, 0.3) is 11.2 Å². The van der Waals surface area contributed by atoms with Crippen LogP contribution in [0.2, 0.25) is 0 Å². The molecule has 8 heteroatoms. The maximum Gasteiger partial charge on any atom is 0.329 e. The lowest BCUT2D eigenvalue weighted by Crippen LogP contribution is -2.29. The van der Waals surface area contributed by atoms with E-state index in [9.17, 15) is 9.59 Å². The van der Waals surface area contributed by atoms with Gasteiger partial charge in [0.25, 0.3) is 5.56 Å². The van der Waals surface area contributed by atoms with Gasteiger partial charge in [0.2, 0.25) is 0 Å².